The number of aromatic nitrogens is 4. The van der Waals surface area contributed by atoms with Crippen LogP contribution in [-0.4, -0.2) is 43.6 Å². The number of hydrogen-bond acceptors (Lipinski definition) is 6. The first-order valence-corrected chi connectivity index (χ1v) is 6.07. The molecular weight excluding hydrogens is 248 g/mol. The fraction of sp³-hybridized carbons (Fsp3) is 0.417. The normalized spacial score (nSPS) is 15.5. The summed E-state index contributed by atoms with van der Waals surface area (Å²) in [5, 5.41) is 30.5. The van der Waals surface area contributed by atoms with Crippen molar-refractivity contribution in [3.63, 3.8) is 0 Å². The van der Waals surface area contributed by atoms with Gasteiger partial charge in [-0.1, -0.05) is 13.0 Å². The molecule has 0 fully saturated rings. The van der Waals surface area contributed by atoms with Crippen LogP contribution < -0.4 is 4.74 Å². The monoisotopic (exact) mass is 262 g/mol. The van der Waals surface area contributed by atoms with E-state index in [1.807, 2.05) is 12.1 Å². The highest BCUT2D eigenvalue weighted by molar-refractivity contribution is 5.51. The fourth-order valence-electron chi connectivity index (χ4n) is 2.18. The van der Waals surface area contributed by atoms with E-state index < -0.39 is 18.8 Å². The molecule has 0 bridgehead atoms. The molecule has 0 saturated carbocycles. The highest BCUT2D eigenvalue weighted by Crippen LogP contribution is 2.37. The van der Waals surface area contributed by atoms with E-state index in [2.05, 4.69) is 22.4 Å². The first-order valence-electron chi connectivity index (χ1n) is 6.07. The van der Waals surface area contributed by atoms with E-state index in [9.17, 15) is 10.2 Å². The summed E-state index contributed by atoms with van der Waals surface area (Å²) >= 11 is 0. The minimum Gasteiger partial charge on any atom is -0.472 e. The minimum absolute atomic E-state index is 0.304. The fourth-order valence-corrected chi connectivity index (χ4v) is 2.18. The molecule has 2 aromatic rings. The molecule has 1 aliphatic heterocycles. The van der Waals surface area contributed by atoms with Crippen LogP contribution in [0.5, 0.6) is 5.75 Å². The van der Waals surface area contributed by atoms with E-state index in [1.165, 1.54) is 4.68 Å². The zero-order valence-electron chi connectivity index (χ0n) is 10.4. The number of ether oxygens (including phenoxy) is 1. The predicted octanol–water partition coefficient (Wildman–Crippen LogP) is -0.203. The summed E-state index contributed by atoms with van der Waals surface area (Å²) in [5.41, 5.74) is 0.547. The van der Waals surface area contributed by atoms with Crippen molar-refractivity contribution in [3.05, 3.63) is 29.6 Å². The maximum Gasteiger partial charge on any atom is 0.215 e. The smallest absolute Gasteiger partial charge is 0.215 e. The van der Waals surface area contributed by atoms with Gasteiger partial charge in [0.1, 0.15) is 11.4 Å². The lowest BCUT2D eigenvalue weighted by Gasteiger charge is -2.34. The Morgan fingerprint density at radius 2 is 2.11 bits per heavy atom. The Kier molecular flexibility index (Phi) is 2.72. The summed E-state index contributed by atoms with van der Waals surface area (Å²) < 4.78 is 7.24. The van der Waals surface area contributed by atoms with Gasteiger partial charge in [0.25, 0.3) is 0 Å². The van der Waals surface area contributed by atoms with Gasteiger partial charge in [-0.15, -0.1) is 5.10 Å². The number of tetrazole rings is 1. The molecule has 1 aromatic carbocycles. The van der Waals surface area contributed by atoms with E-state index in [0.717, 1.165) is 17.7 Å². The third-order valence-corrected chi connectivity index (χ3v) is 3.35. The van der Waals surface area contributed by atoms with Crippen molar-refractivity contribution in [2.75, 3.05) is 13.2 Å². The van der Waals surface area contributed by atoms with Crippen LogP contribution in [0.25, 0.3) is 5.69 Å². The Hall–Kier alpha value is -1.99. The van der Waals surface area contributed by atoms with Crippen molar-refractivity contribution in [1.82, 2.24) is 20.2 Å². The Morgan fingerprint density at radius 3 is 2.79 bits per heavy atom. The number of hydrogen-bond donors (Lipinski definition) is 2. The molecule has 0 aliphatic carbocycles. The van der Waals surface area contributed by atoms with E-state index in [4.69, 9.17) is 4.74 Å². The SMILES string of the molecule is CCc1ccc2c(c1)-n1nnnc1C(CO)(CO)O2. The van der Waals surface area contributed by atoms with Gasteiger partial charge in [0.15, 0.2) is 0 Å². The average molecular weight is 262 g/mol. The molecule has 0 atom stereocenters. The van der Waals surface area contributed by atoms with Crippen LogP contribution in [0.4, 0.5) is 0 Å². The largest absolute Gasteiger partial charge is 0.472 e. The number of nitrogens with zero attached hydrogens (tertiary/aromatic N) is 4. The van der Waals surface area contributed by atoms with E-state index in [0.29, 0.717) is 11.6 Å². The summed E-state index contributed by atoms with van der Waals surface area (Å²) in [7, 11) is 0. The van der Waals surface area contributed by atoms with E-state index >= 15 is 0 Å². The average Bonchev–Trinajstić information content (AvgIpc) is 2.96. The molecule has 100 valence electrons. The number of aliphatic hydroxyl groups is 2. The van der Waals surface area contributed by atoms with E-state index in [1.54, 1.807) is 6.07 Å². The van der Waals surface area contributed by atoms with Gasteiger partial charge < -0.3 is 14.9 Å². The number of aryl methyl sites for hydroxylation is 1. The maximum absolute atomic E-state index is 9.54. The summed E-state index contributed by atoms with van der Waals surface area (Å²) in [6, 6.07) is 5.68. The summed E-state index contributed by atoms with van der Waals surface area (Å²) in [4.78, 5) is 0. The van der Waals surface area contributed by atoms with Gasteiger partial charge in [-0.05, 0) is 34.5 Å². The van der Waals surface area contributed by atoms with Gasteiger partial charge in [0, 0.05) is 0 Å². The third-order valence-electron chi connectivity index (χ3n) is 3.35. The summed E-state index contributed by atoms with van der Waals surface area (Å²) in [6.07, 6.45) is 0.885. The molecule has 0 amide bonds. The molecule has 0 unspecified atom stereocenters. The Balaban J connectivity index is 2.21. The van der Waals surface area contributed by atoms with Crippen molar-refractivity contribution >= 4 is 0 Å². The van der Waals surface area contributed by atoms with Crippen molar-refractivity contribution in [2.45, 2.75) is 18.9 Å². The molecule has 19 heavy (non-hydrogen) atoms. The number of rotatable bonds is 3. The molecule has 0 radical (unpaired) electrons. The van der Waals surface area contributed by atoms with Crippen molar-refractivity contribution in [1.29, 1.82) is 0 Å². The first-order chi connectivity index (χ1) is 9.24. The number of fused-ring (bicyclic) bond motifs is 3. The molecule has 3 rings (SSSR count). The molecule has 1 aliphatic rings. The molecule has 0 saturated heterocycles. The molecule has 2 heterocycles. The maximum atomic E-state index is 9.54. The van der Waals surface area contributed by atoms with Gasteiger partial charge >= 0.3 is 0 Å². The van der Waals surface area contributed by atoms with Crippen LogP contribution in [0.3, 0.4) is 0 Å². The third kappa shape index (κ3) is 1.62. The lowest BCUT2D eigenvalue weighted by atomic mass is 10.0. The predicted molar refractivity (Wildman–Crippen MR) is 65.0 cm³/mol. The van der Waals surface area contributed by atoms with Crippen molar-refractivity contribution in [3.8, 4) is 11.4 Å². The Morgan fingerprint density at radius 1 is 1.32 bits per heavy atom. The number of aliphatic hydroxyl groups excluding tert-OH is 2. The molecular formula is C12H14N4O3. The van der Waals surface area contributed by atoms with Gasteiger partial charge in [-0.3, -0.25) is 0 Å². The second-order valence-electron chi connectivity index (χ2n) is 4.48. The summed E-state index contributed by atoms with van der Waals surface area (Å²) in [5.74, 6) is 0.846. The molecule has 1 aromatic heterocycles. The Bertz CT molecular complexity index is 607. The lowest BCUT2D eigenvalue weighted by molar-refractivity contribution is -0.0517. The quantitative estimate of drug-likeness (QED) is 0.795. The second kappa shape index (κ2) is 4.29. The zero-order valence-corrected chi connectivity index (χ0v) is 10.4. The van der Waals surface area contributed by atoms with Crippen LogP contribution in [0.2, 0.25) is 0 Å². The highest BCUT2D eigenvalue weighted by atomic mass is 16.5. The van der Waals surface area contributed by atoms with Crippen molar-refractivity contribution < 1.29 is 14.9 Å². The summed E-state index contributed by atoms with van der Waals surface area (Å²) in [6.45, 7) is 1.25. The minimum atomic E-state index is -1.30. The lowest BCUT2D eigenvalue weighted by Crippen LogP contribution is -2.45. The molecule has 2 N–H and O–H groups in total. The van der Waals surface area contributed by atoms with Crippen LogP contribution >= 0.6 is 0 Å². The van der Waals surface area contributed by atoms with Crippen LogP contribution in [0.15, 0.2) is 18.2 Å². The van der Waals surface area contributed by atoms with E-state index in [-0.39, 0.29) is 0 Å². The topological polar surface area (TPSA) is 93.3 Å². The number of benzene rings is 1. The van der Waals surface area contributed by atoms with Crippen LogP contribution in [0.1, 0.15) is 18.3 Å². The van der Waals surface area contributed by atoms with Crippen molar-refractivity contribution in [2.24, 2.45) is 0 Å². The molecule has 7 heteroatoms. The first kappa shape index (κ1) is 12.1. The van der Waals surface area contributed by atoms with Crippen LogP contribution in [0, 0.1) is 0 Å². The standard InChI is InChI=1S/C12H14N4O3/c1-2-8-3-4-10-9(5-8)16-11(13-14-15-16)12(6-17,7-18)19-10/h3-5,17-18H,2,6-7H2,1H3. The van der Waals surface area contributed by atoms with Gasteiger partial charge in [-0.2, -0.15) is 4.68 Å². The van der Waals surface area contributed by atoms with Gasteiger partial charge in [0.2, 0.25) is 11.4 Å². The Labute approximate surface area is 109 Å². The van der Waals surface area contributed by atoms with Gasteiger partial charge in [0.05, 0.1) is 13.2 Å². The second-order valence-corrected chi connectivity index (χ2v) is 4.48. The van der Waals surface area contributed by atoms with Crippen LogP contribution in [-0.2, 0) is 12.0 Å². The zero-order chi connectivity index (χ0) is 13.5. The van der Waals surface area contributed by atoms with Gasteiger partial charge in [-0.25, -0.2) is 0 Å². The highest BCUT2D eigenvalue weighted by Gasteiger charge is 2.44. The molecule has 7 nitrogen and oxygen atoms in total. The molecule has 0 spiro atoms.